The van der Waals surface area contributed by atoms with Crippen molar-refractivity contribution in [3.05, 3.63) is 92.3 Å². The summed E-state index contributed by atoms with van der Waals surface area (Å²) in [5.74, 6) is -1.07. The molecule has 0 saturated heterocycles. The van der Waals surface area contributed by atoms with Crippen molar-refractivity contribution >= 4 is 45.0 Å². The van der Waals surface area contributed by atoms with Crippen molar-refractivity contribution < 1.29 is 14.3 Å². The summed E-state index contributed by atoms with van der Waals surface area (Å²) in [5, 5.41) is 22.0. The lowest BCUT2D eigenvalue weighted by atomic mass is 9.83. The van der Waals surface area contributed by atoms with Gasteiger partial charge in [0.2, 0.25) is 5.88 Å². The first-order chi connectivity index (χ1) is 17.5. The van der Waals surface area contributed by atoms with Crippen LogP contribution in [0.25, 0.3) is 10.6 Å². The molecule has 0 radical (unpaired) electrons. The lowest BCUT2D eigenvalue weighted by molar-refractivity contribution is -0.139. The molecule has 10 heteroatoms. The van der Waals surface area contributed by atoms with E-state index in [4.69, 9.17) is 15.2 Å². The molecule has 0 spiro atoms. The highest BCUT2D eigenvalue weighted by Crippen LogP contribution is 2.43. The van der Waals surface area contributed by atoms with E-state index < -0.39 is 11.9 Å². The normalized spacial score (nSPS) is 15.2. The van der Waals surface area contributed by atoms with E-state index in [0.29, 0.717) is 20.6 Å². The number of hydrogen-bond donors (Lipinski definition) is 1. The van der Waals surface area contributed by atoms with Crippen LogP contribution in [-0.4, -0.2) is 23.3 Å². The summed E-state index contributed by atoms with van der Waals surface area (Å²) >= 11 is 6.32. The monoisotopic (exact) mass is 578 g/mol. The maximum atomic E-state index is 13.2. The first-order valence-electron chi connectivity index (χ1n) is 10.8. The molecule has 36 heavy (non-hydrogen) atoms. The van der Waals surface area contributed by atoms with Crippen LogP contribution in [0.15, 0.2) is 86.2 Å². The highest BCUT2D eigenvalue weighted by atomic mass is 79.9. The first-order valence-corrected chi connectivity index (χ1v) is 13.4. The first kappa shape index (κ1) is 25.5. The molecule has 1 aliphatic rings. The standard InChI is InChI=1S/C26H19BrN4O3S2/c1-2-33-26(32)23-20(34-24(30)17(13-29)22(23)16-6-3-4-7-18(16)27)14-36-25-15(12-28)9-10-19(31-25)21-8-5-11-35-21/h3-11,22H,2,14,30H2,1H3. The van der Waals surface area contributed by atoms with Gasteiger partial charge in [-0.05, 0) is 42.1 Å². The van der Waals surface area contributed by atoms with Gasteiger partial charge in [-0.25, -0.2) is 9.78 Å². The number of thiophene rings is 1. The largest absolute Gasteiger partial charge is 0.463 e. The second-order valence-corrected chi connectivity index (χ2v) is 10.2. The van der Waals surface area contributed by atoms with Gasteiger partial charge in [0.25, 0.3) is 0 Å². The topological polar surface area (TPSA) is 122 Å². The van der Waals surface area contributed by atoms with Crippen LogP contribution in [0.5, 0.6) is 0 Å². The minimum atomic E-state index is -0.783. The number of pyridine rings is 1. The Morgan fingerprint density at radius 2 is 2.03 bits per heavy atom. The zero-order chi connectivity index (χ0) is 25.7. The van der Waals surface area contributed by atoms with Gasteiger partial charge in [0.15, 0.2) is 0 Å². The molecule has 0 amide bonds. The number of nitrogens with two attached hydrogens (primary N) is 1. The van der Waals surface area contributed by atoms with Crippen molar-refractivity contribution in [2.24, 2.45) is 5.73 Å². The van der Waals surface area contributed by atoms with Crippen LogP contribution in [0.2, 0.25) is 0 Å². The Morgan fingerprint density at radius 3 is 2.69 bits per heavy atom. The van der Waals surface area contributed by atoms with Crippen molar-refractivity contribution in [3.8, 4) is 22.7 Å². The van der Waals surface area contributed by atoms with Gasteiger partial charge in [-0.1, -0.05) is 52.0 Å². The van der Waals surface area contributed by atoms with E-state index >= 15 is 0 Å². The van der Waals surface area contributed by atoms with Gasteiger partial charge in [0.05, 0.1) is 40.0 Å². The predicted molar refractivity (Wildman–Crippen MR) is 141 cm³/mol. The number of carbonyl (C=O) groups excluding carboxylic acids is 1. The summed E-state index contributed by atoms with van der Waals surface area (Å²) in [6.45, 7) is 1.86. The van der Waals surface area contributed by atoms with Gasteiger partial charge in [-0.3, -0.25) is 0 Å². The summed E-state index contributed by atoms with van der Waals surface area (Å²) in [6.07, 6.45) is 0. The third kappa shape index (κ3) is 5.17. The fraction of sp³-hybridized carbons (Fsp3) is 0.154. The number of ether oxygens (including phenoxy) is 2. The lowest BCUT2D eigenvalue weighted by Gasteiger charge is -2.28. The van der Waals surface area contributed by atoms with E-state index in [-0.39, 0.29) is 35.1 Å². The molecule has 1 atom stereocenters. The Labute approximate surface area is 225 Å². The summed E-state index contributed by atoms with van der Waals surface area (Å²) in [5.41, 5.74) is 8.30. The van der Waals surface area contributed by atoms with E-state index in [0.717, 1.165) is 10.6 Å². The fourth-order valence-corrected chi connectivity index (χ4v) is 5.83. The van der Waals surface area contributed by atoms with Crippen LogP contribution < -0.4 is 5.73 Å². The molecule has 0 aliphatic carbocycles. The van der Waals surface area contributed by atoms with E-state index in [1.165, 1.54) is 11.8 Å². The molecule has 180 valence electrons. The Balaban J connectivity index is 1.78. The van der Waals surface area contributed by atoms with E-state index in [2.05, 4.69) is 33.1 Å². The molecule has 1 aliphatic heterocycles. The van der Waals surface area contributed by atoms with Crippen LogP contribution in [0, 0.1) is 22.7 Å². The van der Waals surface area contributed by atoms with Crippen LogP contribution in [0.1, 0.15) is 24.0 Å². The van der Waals surface area contributed by atoms with E-state index in [1.807, 2.05) is 41.8 Å². The second kappa shape index (κ2) is 11.4. The Bertz CT molecular complexity index is 1450. The molecule has 1 unspecified atom stereocenters. The quantitative estimate of drug-likeness (QED) is 0.273. The third-order valence-corrected chi connectivity index (χ3v) is 7.91. The van der Waals surface area contributed by atoms with Gasteiger partial charge in [0.1, 0.15) is 28.5 Å². The number of carbonyl (C=O) groups is 1. The SMILES string of the molecule is CCOC(=O)C1=C(CSc2nc(-c3cccs3)ccc2C#N)OC(N)=C(C#N)C1c1ccccc1Br. The maximum Gasteiger partial charge on any atom is 0.338 e. The molecular formula is C26H19BrN4O3S2. The van der Waals surface area contributed by atoms with Gasteiger partial charge in [-0.15, -0.1) is 11.3 Å². The number of halogens is 1. The van der Waals surface area contributed by atoms with Crippen molar-refractivity contribution in [1.82, 2.24) is 4.98 Å². The van der Waals surface area contributed by atoms with E-state index in [1.54, 1.807) is 30.4 Å². The number of benzene rings is 1. The van der Waals surface area contributed by atoms with Gasteiger partial charge in [0, 0.05) is 4.47 Å². The lowest BCUT2D eigenvalue weighted by Crippen LogP contribution is -2.27. The van der Waals surface area contributed by atoms with Crippen molar-refractivity contribution in [3.63, 3.8) is 0 Å². The Morgan fingerprint density at radius 1 is 1.22 bits per heavy atom. The highest BCUT2D eigenvalue weighted by Gasteiger charge is 2.38. The molecule has 2 N–H and O–H groups in total. The zero-order valence-corrected chi connectivity index (χ0v) is 22.2. The minimum Gasteiger partial charge on any atom is -0.463 e. The number of nitriles is 2. The second-order valence-electron chi connectivity index (χ2n) is 7.43. The molecule has 4 rings (SSSR count). The highest BCUT2D eigenvalue weighted by molar-refractivity contribution is 9.10. The smallest absolute Gasteiger partial charge is 0.338 e. The summed E-state index contributed by atoms with van der Waals surface area (Å²) in [7, 11) is 0. The average Bonchev–Trinajstić information content (AvgIpc) is 3.42. The molecule has 0 fully saturated rings. The summed E-state index contributed by atoms with van der Waals surface area (Å²) in [4.78, 5) is 18.8. The average molecular weight is 580 g/mol. The molecule has 1 aromatic carbocycles. The van der Waals surface area contributed by atoms with Crippen molar-refractivity contribution in [2.45, 2.75) is 17.9 Å². The molecule has 0 bridgehead atoms. The van der Waals surface area contributed by atoms with Gasteiger partial charge in [-0.2, -0.15) is 10.5 Å². The molecule has 3 heterocycles. The number of thioether (sulfide) groups is 1. The van der Waals surface area contributed by atoms with Gasteiger partial charge < -0.3 is 15.2 Å². The molecule has 0 saturated carbocycles. The van der Waals surface area contributed by atoms with E-state index in [9.17, 15) is 15.3 Å². The molecular weight excluding hydrogens is 560 g/mol. The molecule has 3 aromatic rings. The minimum absolute atomic E-state index is 0.0808. The van der Waals surface area contributed by atoms with Crippen molar-refractivity contribution in [2.75, 3.05) is 12.4 Å². The third-order valence-electron chi connectivity index (χ3n) is 5.30. The zero-order valence-electron chi connectivity index (χ0n) is 19.0. The number of aromatic nitrogens is 1. The van der Waals surface area contributed by atoms with Crippen LogP contribution in [-0.2, 0) is 14.3 Å². The predicted octanol–water partition coefficient (Wildman–Crippen LogP) is 5.86. The number of rotatable bonds is 7. The Hall–Kier alpha value is -3.57. The number of nitrogens with zero attached hydrogens (tertiary/aromatic N) is 3. The summed E-state index contributed by atoms with van der Waals surface area (Å²) < 4.78 is 11.9. The Kier molecular flexibility index (Phi) is 8.11. The fourth-order valence-electron chi connectivity index (χ4n) is 3.71. The van der Waals surface area contributed by atoms with Crippen molar-refractivity contribution in [1.29, 1.82) is 10.5 Å². The molecule has 2 aromatic heterocycles. The number of allylic oxidation sites excluding steroid dienone is 1. The molecule has 7 nitrogen and oxygen atoms in total. The van der Waals surface area contributed by atoms with Gasteiger partial charge >= 0.3 is 5.97 Å². The number of hydrogen-bond acceptors (Lipinski definition) is 9. The number of esters is 1. The van der Waals surface area contributed by atoms with Crippen LogP contribution in [0.4, 0.5) is 0 Å². The van der Waals surface area contributed by atoms with Crippen LogP contribution >= 0.6 is 39.0 Å². The summed E-state index contributed by atoms with van der Waals surface area (Å²) in [6, 6.07) is 19.0. The maximum absolute atomic E-state index is 13.2. The van der Waals surface area contributed by atoms with Crippen LogP contribution in [0.3, 0.4) is 0 Å².